The predicted molar refractivity (Wildman–Crippen MR) is 303 cm³/mol. The monoisotopic (exact) mass is 936 g/mol. The van der Waals surface area contributed by atoms with Crippen molar-refractivity contribution >= 4 is 66.2 Å². The van der Waals surface area contributed by atoms with Crippen molar-refractivity contribution in [1.82, 2.24) is 0 Å². The quantitative estimate of drug-likeness (QED) is 0.128. The summed E-state index contributed by atoms with van der Waals surface area (Å²) in [6, 6.07) is 71.9. The van der Waals surface area contributed by atoms with E-state index in [0.29, 0.717) is 12.1 Å². The highest BCUT2D eigenvalue weighted by atomic mass is 16.3. The van der Waals surface area contributed by atoms with Crippen molar-refractivity contribution in [3.8, 4) is 44.9 Å². The molecule has 2 aliphatic carbocycles. The van der Waals surface area contributed by atoms with Crippen LogP contribution in [0.25, 0.3) is 88.4 Å². The molecule has 0 unspecified atom stereocenters. The summed E-state index contributed by atoms with van der Waals surface area (Å²) < 4.78 is 14.9. The number of anilines is 4. The minimum Gasteiger partial charge on any atom is -0.455 e. The first-order valence-electron chi connectivity index (χ1n) is 26.5. The van der Waals surface area contributed by atoms with Crippen molar-refractivity contribution in [1.29, 1.82) is 0 Å². The number of aryl methyl sites for hydroxylation is 2. The molecule has 9 aromatic carbocycles. The number of furan rings is 2. The van der Waals surface area contributed by atoms with Gasteiger partial charge in [-0.15, -0.1) is 0 Å². The minimum absolute atomic E-state index is 0.422. The Bertz CT molecular complexity index is 3430. The van der Waals surface area contributed by atoms with Gasteiger partial charge in [-0.05, 0) is 121 Å². The molecule has 13 rings (SSSR count). The zero-order valence-electron chi connectivity index (χ0n) is 41.4. The third-order valence-electron chi connectivity index (χ3n) is 16.1. The maximum Gasteiger partial charge on any atom is 0.143 e. The highest BCUT2D eigenvalue weighted by molar-refractivity contribution is 6.22. The van der Waals surface area contributed by atoms with Crippen LogP contribution in [-0.4, -0.2) is 12.1 Å². The molecule has 2 fully saturated rings. The molecule has 0 amide bonds. The lowest BCUT2D eigenvalue weighted by Crippen LogP contribution is -2.32. The molecule has 0 saturated heterocycles. The van der Waals surface area contributed by atoms with Crippen molar-refractivity contribution in [3.05, 3.63) is 205 Å². The third kappa shape index (κ3) is 7.67. The normalized spacial score (nSPS) is 14.7. The molecule has 0 bridgehead atoms. The van der Waals surface area contributed by atoms with E-state index in [1.807, 2.05) is 0 Å². The zero-order chi connectivity index (χ0) is 48.1. The number of hydrogen-bond donors (Lipinski definition) is 0. The standard InChI is InChI=1S/C68H60N2O2/c1-45-59-41-53(69(49-29-13-5-14-30-49)50-31-15-6-16-32-50)43-61(47-25-9-3-10-26-47)67(59)71-65(45)63-55-37-21-23-39-57(55)64(58-40-24-22-38-56(58)63)66-46(2)60-42-54(44-62(68(60)72-66)48-27-11-4-12-28-48)70(51-33-17-7-18-34-51)52-35-19-8-20-36-52/h3-5,7,9-14,17-18,21-30,33-34,37-44,50,52H,6,8,15-16,19-20,31-32,35-36H2,1-2H3. The van der Waals surface area contributed by atoms with Gasteiger partial charge in [0.15, 0.2) is 0 Å². The van der Waals surface area contributed by atoms with Gasteiger partial charge in [0.05, 0.1) is 0 Å². The maximum absolute atomic E-state index is 7.43. The lowest BCUT2D eigenvalue weighted by Gasteiger charge is -2.36. The van der Waals surface area contributed by atoms with Crippen LogP contribution in [0.1, 0.15) is 75.3 Å². The molecule has 4 heteroatoms. The molecule has 354 valence electrons. The van der Waals surface area contributed by atoms with Crippen LogP contribution < -0.4 is 9.80 Å². The predicted octanol–water partition coefficient (Wildman–Crippen LogP) is 19.7. The smallest absolute Gasteiger partial charge is 0.143 e. The molecule has 11 aromatic rings. The van der Waals surface area contributed by atoms with E-state index in [0.717, 1.165) is 99.5 Å². The topological polar surface area (TPSA) is 32.8 Å². The SMILES string of the molecule is Cc1c(-c2c3ccccc3c(-c3oc4c(-c5ccccc5)cc(N(c5ccccc5)C5CCCCC5)cc4c3C)c3ccccc23)oc2c(-c3ccccc3)cc(N(c3ccccc3)C3CCCCC3)cc12. The molecule has 0 spiro atoms. The van der Waals surface area contributed by atoms with E-state index in [4.69, 9.17) is 8.83 Å². The second-order valence-corrected chi connectivity index (χ2v) is 20.4. The van der Waals surface area contributed by atoms with Crippen LogP contribution in [-0.2, 0) is 0 Å². The Kier molecular flexibility index (Phi) is 11.5. The Morgan fingerprint density at radius 2 is 0.653 bits per heavy atom. The van der Waals surface area contributed by atoms with Crippen LogP contribution in [0.5, 0.6) is 0 Å². The van der Waals surface area contributed by atoms with Crippen molar-refractivity contribution in [3.63, 3.8) is 0 Å². The number of fused-ring (bicyclic) bond motifs is 4. The summed E-state index contributed by atoms with van der Waals surface area (Å²) in [5.74, 6) is 1.81. The van der Waals surface area contributed by atoms with E-state index in [1.54, 1.807) is 0 Å². The first kappa shape index (κ1) is 44.1. The van der Waals surface area contributed by atoms with Gasteiger partial charge in [0.25, 0.3) is 0 Å². The van der Waals surface area contributed by atoms with Gasteiger partial charge in [0, 0.05) is 79.0 Å². The van der Waals surface area contributed by atoms with Gasteiger partial charge in [-0.3, -0.25) is 0 Å². The fourth-order valence-electron chi connectivity index (χ4n) is 12.6. The van der Waals surface area contributed by atoms with E-state index in [-0.39, 0.29) is 0 Å². The van der Waals surface area contributed by atoms with Crippen molar-refractivity contribution in [2.45, 2.75) is 90.1 Å². The second-order valence-electron chi connectivity index (χ2n) is 20.4. The molecule has 72 heavy (non-hydrogen) atoms. The molecule has 4 nitrogen and oxygen atoms in total. The molecular weight excluding hydrogens is 877 g/mol. The van der Waals surface area contributed by atoms with Crippen LogP contribution in [0.15, 0.2) is 203 Å². The van der Waals surface area contributed by atoms with Crippen molar-refractivity contribution < 1.29 is 8.83 Å². The molecule has 2 heterocycles. The summed E-state index contributed by atoms with van der Waals surface area (Å²) in [7, 11) is 0. The van der Waals surface area contributed by atoms with Gasteiger partial charge >= 0.3 is 0 Å². The summed E-state index contributed by atoms with van der Waals surface area (Å²) in [4.78, 5) is 5.24. The molecule has 2 aliphatic rings. The molecule has 0 aliphatic heterocycles. The fourth-order valence-corrected chi connectivity index (χ4v) is 12.6. The van der Waals surface area contributed by atoms with Gasteiger partial charge in [-0.25, -0.2) is 0 Å². The van der Waals surface area contributed by atoms with E-state index in [2.05, 4.69) is 218 Å². The summed E-state index contributed by atoms with van der Waals surface area (Å²) in [6.45, 7) is 4.53. The Labute approximate surface area is 423 Å². The second kappa shape index (κ2) is 18.7. The number of para-hydroxylation sites is 2. The highest BCUT2D eigenvalue weighted by Gasteiger charge is 2.30. The molecule has 2 saturated carbocycles. The Hall–Kier alpha value is -7.82. The van der Waals surface area contributed by atoms with Crippen molar-refractivity contribution in [2.75, 3.05) is 9.80 Å². The molecule has 0 N–H and O–H groups in total. The van der Waals surface area contributed by atoms with E-state index in [1.165, 1.54) is 87.0 Å². The van der Waals surface area contributed by atoms with Crippen LogP contribution in [0.2, 0.25) is 0 Å². The van der Waals surface area contributed by atoms with Gasteiger partial charge in [-0.2, -0.15) is 0 Å². The number of rotatable bonds is 10. The lowest BCUT2D eigenvalue weighted by molar-refractivity contribution is 0.436. The van der Waals surface area contributed by atoms with E-state index >= 15 is 0 Å². The summed E-state index contributed by atoms with van der Waals surface area (Å²) in [5.41, 5.74) is 15.8. The molecule has 0 radical (unpaired) electrons. The summed E-state index contributed by atoms with van der Waals surface area (Å²) >= 11 is 0. The summed E-state index contributed by atoms with van der Waals surface area (Å²) in [5, 5.41) is 6.84. The minimum atomic E-state index is 0.422. The first-order chi connectivity index (χ1) is 35.6. The number of hydrogen-bond acceptors (Lipinski definition) is 4. The Balaban J connectivity index is 1.04. The molecule has 2 aromatic heterocycles. The fraction of sp³-hybridized carbons (Fsp3) is 0.206. The van der Waals surface area contributed by atoms with E-state index < -0.39 is 0 Å². The summed E-state index contributed by atoms with van der Waals surface area (Å²) in [6.07, 6.45) is 12.3. The van der Waals surface area contributed by atoms with Crippen LogP contribution in [0.3, 0.4) is 0 Å². The molecule has 0 atom stereocenters. The first-order valence-corrected chi connectivity index (χ1v) is 26.5. The largest absolute Gasteiger partial charge is 0.455 e. The average Bonchev–Trinajstić information content (AvgIpc) is 3.96. The van der Waals surface area contributed by atoms with E-state index in [9.17, 15) is 0 Å². The maximum atomic E-state index is 7.43. The van der Waals surface area contributed by atoms with Crippen LogP contribution in [0.4, 0.5) is 22.7 Å². The highest BCUT2D eigenvalue weighted by Crippen LogP contribution is 2.52. The Morgan fingerprint density at radius 1 is 0.333 bits per heavy atom. The lowest BCUT2D eigenvalue weighted by atomic mass is 9.87. The average molecular weight is 937 g/mol. The van der Waals surface area contributed by atoms with Gasteiger partial charge in [0.2, 0.25) is 0 Å². The number of benzene rings is 9. The van der Waals surface area contributed by atoms with Gasteiger partial charge in [0.1, 0.15) is 22.7 Å². The van der Waals surface area contributed by atoms with Gasteiger partial charge < -0.3 is 18.6 Å². The van der Waals surface area contributed by atoms with Gasteiger partial charge in [-0.1, -0.05) is 184 Å². The third-order valence-corrected chi connectivity index (χ3v) is 16.1. The van der Waals surface area contributed by atoms with Crippen molar-refractivity contribution in [2.24, 2.45) is 0 Å². The Morgan fingerprint density at radius 3 is 1.00 bits per heavy atom. The zero-order valence-corrected chi connectivity index (χ0v) is 41.4. The van der Waals surface area contributed by atoms with Crippen LogP contribution >= 0.6 is 0 Å². The molecular formula is C68H60N2O2. The number of nitrogens with zero attached hydrogens (tertiary/aromatic N) is 2. The van der Waals surface area contributed by atoms with Crippen LogP contribution in [0, 0.1) is 13.8 Å².